The number of hydrogen-bond donors (Lipinski definition) is 1. The number of amides is 1. The molecular weight excluding hydrogens is 333 g/mol. The number of hydrogen-bond acceptors (Lipinski definition) is 4. The summed E-state index contributed by atoms with van der Waals surface area (Å²) >= 11 is 0. The highest BCUT2D eigenvalue weighted by Gasteiger charge is 2.29. The third-order valence-electron chi connectivity index (χ3n) is 4.65. The van der Waals surface area contributed by atoms with Crippen molar-refractivity contribution in [1.82, 2.24) is 25.1 Å². The Bertz CT molecular complexity index is 912. The van der Waals surface area contributed by atoms with Crippen molar-refractivity contribution in [1.29, 1.82) is 0 Å². The van der Waals surface area contributed by atoms with E-state index in [1.54, 1.807) is 30.7 Å². The molecule has 1 N–H and O–H groups in total. The molecule has 1 aliphatic heterocycles. The summed E-state index contributed by atoms with van der Waals surface area (Å²) in [5.41, 5.74) is 2.66. The van der Waals surface area contributed by atoms with Gasteiger partial charge in [0.05, 0.1) is 11.4 Å². The molecular formula is C19H18FN5O. The molecule has 4 rings (SSSR count). The third kappa shape index (κ3) is 3.20. The number of likely N-dealkylation sites (tertiary alicyclic amines) is 1. The van der Waals surface area contributed by atoms with Gasteiger partial charge in [-0.15, -0.1) is 0 Å². The molecule has 1 saturated heterocycles. The lowest BCUT2D eigenvalue weighted by Crippen LogP contribution is -2.39. The van der Waals surface area contributed by atoms with Crippen LogP contribution in [0.1, 0.15) is 34.9 Å². The Hall–Kier alpha value is -3.09. The Labute approximate surface area is 150 Å². The maximum absolute atomic E-state index is 13.6. The first-order chi connectivity index (χ1) is 12.7. The lowest BCUT2D eigenvalue weighted by Gasteiger charge is -2.32. The number of aromatic amines is 1. The lowest BCUT2D eigenvalue weighted by molar-refractivity contribution is 0.0700. The van der Waals surface area contributed by atoms with E-state index in [1.807, 2.05) is 11.0 Å². The van der Waals surface area contributed by atoms with E-state index in [0.29, 0.717) is 30.0 Å². The van der Waals surface area contributed by atoms with Crippen LogP contribution in [0.3, 0.4) is 0 Å². The summed E-state index contributed by atoms with van der Waals surface area (Å²) in [5, 5.41) is 6.57. The van der Waals surface area contributed by atoms with Gasteiger partial charge in [-0.25, -0.2) is 4.39 Å². The summed E-state index contributed by atoms with van der Waals surface area (Å²) in [7, 11) is 0. The predicted molar refractivity (Wildman–Crippen MR) is 93.9 cm³/mol. The largest absolute Gasteiger partial charge is 0.337 e. The summed E-state index contributed by atoms with van der Waals surface area (Å²) in [5.74, 6) is -0.315. The van der Waals surface area contributed by atoms with Gasteiger partial charge in [-0.2, -0.15) is 5.10 Å². The fraction of sp³-hybridized carbons (Fsp3) is 0.263. The number of carbonyl (C=O) groups is 1. The first kappa shape index (κ1) is 16.4. The van der Waals surface area contributed by atoms with Gasteiger partial charge in [0.25, 0.3) is 5.91 Å². The number of benzene rings is 1. The SMILES string of the molecule is O=C(c1ccn[nH]1)N1CCCC(c2nccnc2-c2cccc(F)c2)C1. The summed E-state index contributed by atoms with van der Waals surface area (Å²) in [6.07, 6.45) is 6.62. The Kier molecular flexibility index (Phi) is 4.43. The Morgan fingerprint density at radius 3 is 2.88 bits per heavy atom. The van der Waals surface area contributed by atoms with Crippen LogP contribution >= 0.6 is 0 Å². The lowest BCUT2D eigenvalue weighted by atomic mass is 9.91. The van der Waals surface area contributed by atoms with Crippen molar-refractivity contribution in [2.24, 2.45) is 0 Å². The number of aromatic nitrogens is 4. The third-order valence-corrected chi connectivity index (χ3v) is 4.65. The van der Waals surface area contributed by atoms with Crippen LogP contribution in [0.15, 0.2) is 48.9 Å². The number of rotatable bonds is 3. The molecule has 0 saturated carbocycles. The second-order valence-corrected chi connectivity index (χ2v) is 6.36. The fourth-order valence-electron chi connectivity index (χ4n) is 3.44. The van der Waals surface area contributed by atoms with Crippen LogP contribution < -0.4 is 0 Å². The zero-order valence-electron chi connectivity index (χ0n) is 14.1. The molecule has 7 heteroatoms. The number of carbonyl (C=O) groups excluding carboxylic acids is 1. The van der Waals surface area contributed by atoms with Crippen LogP contribution in [0.25, 0.3) is 11.3 Å². The molecule has 1 atom stereocenters. The van der Waals surface area contributed by atoms with Gasteiger partial charge in [0.1, 0.15) is 11.5 Å². The zero-order chi connectivity index (χ0) is 17.9. The Balaban J connectivity index is 1.62. The van der Waals surface area contributed by atoms with Gasteiger partial charge in [0.15, 0.2) is 0 Å². The van der Waals surface area contributed by atoms with Gasteiger partial charge in [0, 0.05) is 43.2 Å². The van der Waals surface area contributed by atoms with Crippen molar-refractivity contribution < 1.29 is 9.18 Å². The number of H-pyrrole nitrogens is 1. The minimum atomic E-state index is -0.307. The van der Waals surface area contributed by atoms with Crippen molar-refractivity contribution in [2.75, 3.05) is 13.1 Å². The van der Waals surface area contributed by atoms with Gasteiger partial charge in [-0.3, -0.25) is 19.9 Å². The van der Waals surface area contributed by atoms with E-state index in [1.165, 1.54) is 12.1 Å². The van der Waals surface area contributed by atoms with Crippen molar-refractivity contribution in [3.8, 4) is 11.3 Å². The Morgan fingerprint density at radius 1 is 1.19 bits per heavy atom. The molecule has 132 valence electrons. The van der Waals surface area contributed by atoms with Crippen molar-refractivity contribution in [2.45, 2.75) is 18.8 Å². The first-order valence-electron chi connectivity index (χ1n) is 8.58. The molecule has 6 nitrogen and oxygen atoms in total. The van der Waals surface area contributed by atoms with Gasteiger partial charge in [-0.1, -0.05) is 12.1 Å². The van der Waals surface area contributed by atoms with Crippen LogP contribution in [0.5, 0.6) is 0 Å². The van der Waals surface area contributed by atoms with Crippen LogP contribution in [-0.4, -0.2) is 44.1 Å². The average molecular weight is 351 g/mol. The minimum Gasteiger partial charge on any atom is -0.337 e. The first-order valence-corrected chi connectivity index (χ1v) is 8.58. The highest BCUT2D eigenvalue weighted by atomic mass is 19.1. The van der Waals surface area contributed by atoms with Gasteiger partial charge < -0.3 is 4.90 Å². The number of nitrogens with one attached hydrogen (secondary N) is 1. The van der Waals surface area contributed by atoms with Crippen LogP contribution in [-0.2, 0) is 0 Å². The molecule has 0 bridgehead atoms. The van der Waals surface area contributed by atoms with Crippen LogP contribution in [0.4, 0.5) is 4.39 Å². The summed E-state index contributed by atoms with van der Waals surface area (Å²) in [6.45, 7) is 1.25. The maximum atomic E-state index is 13.6. The van der Waals surface area contributed by atoms with Crippen molar-refractivity contribution in [3.05, 3.63) is 66.1 Å². The van der Waals surface area contributed by atoms with E-state index in [2.05, 4.69) is 20.2 Å². The fourth-order valence-corrected chi connectivity index (χ4v) is 3.44. The number of halogens is 1. The number of nitrogens with zero attached hydrogens (tertiary/aromatic N) is 4. The molecule has 26 heavy (non-hydrogen) atoms. The molecule has 0 aliphatic carbocycles. The molecule has 3 heterocycles. The molecule has 0 spiro atoms. The van der Waals surface area contributed by atoms with E-state index >= 15 is 0 Å². The second kappa shape index (κ2) is 7.03. The second-order valence-electron chi connectivity index (χ2n) is 6.36. The van der Waals surface area contributed by atoms with E-state index < -0.39 is 0 Å². The van der Waals surface area contributed by atoms with Crippen LogP contribution in [0.2, 0.25) is 0 Å². The Morgan fingerprint density at radius 2 is 2.08 bits per heavy atom. The summed E-state index contributed by atoms with van der Waals surface area (Å²) in [6, 6.07) is 8.03. The zero-order valence-corrected chi connectivity index (χ0v) is 14.1. The molecule has 1 amide bonds. The van der Waals surface area contributed by atoms with Crippen molar-refractivity contribution >= 4 is 5.91 Å². The quantitative estimate of drug-likeness (QED) is 0.787. The van der Waals surface area contributed by atoms with E-state index in [-0.39, 0.29) is 17.6 Å². The predicted octanol–water partition coefficient (Wildman–Crippen LogP) is 3.03. The maximum Gasteiger partial charge on any atom is 0.271 e. The molecule has 1 fully saturated rings. The molecule has 1 unspecified atom stereocenters. The monoisotopic (exact) mass is 351 g/mol. The van der Waals surface area contributed by atoms with E-state index in [9.17, 15) is 9.18 Å². The highest BCUT2D eigenvalue weighted by Crippen LogP contribution is 2.32. The smallest absolute Gasteiger partial charge is 0.271 e. The van der Waals surface area contributed by atoms with Crippen molar-refractivity contribution in [3.63, 3.8) is 0 Å². The highest BCUT2D eigenvalue weighted by molar-refractivity contribution is 5.92. The molecule has 1 aliphatic rings. The minimum absolute atomic E-state index is 0.0580. The molecule has 3 aromatic rings. The summed E-state index contributed by atoms with van der Waals surface area (Å²) in [4.78, 5) is 23.4. The molecule has 1 aromatic carbocycles. The molecule has 0 radical (unpaired) electrons. The van der Waals surface area contributed by atoms with Gasteiger partial charge >= 0.3 is 0 Å². The topological polar surface area (TPSA) is 74.8 Å². The number of piperidine rings is 1. The van der Waals surface area contributed by atoms with E-state index in [0.717, 1.165) is 18.5 Å². The standard InChI is InChI=1S/C19H18FN5O/c20-15-5-1-3-13(11-15)17-18(22-9-8-21-17)14-4-2-10-25(12-14)19(26)16-6-7-23-24-16/h1,3,5-9,11,14H,2,4,10,12H2,(H,23,24). The molecule has 2 aromatic heterocycles. The van der Waals surface area contributed by atoms with Gasteiger partial charge in [-0.05, 0) is 31.0 Å². The van der Waals surface area contributed by atoms with E-state index in [4.69, 9.17) is 0 Å². The van der Waals surface area contributed by atoms with Crippen LogP contribution in [0, 0.1) is 5.82 Å². The normalized spacial score (nSPS) is 17.3. The van der Waals surface area contributed by atoms with Gasteiger partial charge in [0.2, 0.25) is 0 Å². The average Bonchev–Trinajstić information content (AvgIpc) is 3.22. The summed E-state index contributed by atoms with van der Waals surface area (Å²) < 4.78 is 13.6.